The number of carbonyl (C=O) groups excluding carboxylic acids is 1. The van der Waals surface area contributed by atoms with Gasteiger partial charge in [-0.3, -0.25) is 14.5 Å². The SMILES string of the molecule is C[C@@H](NC(=O)Cc1ccc(C2(C(F)(F)F)CC2)s1)c1cc2cnn(CC(F)(F)F)c2cn1. The third-order valence-electron chi connectivity index (χ3n) is 5.46. The summed E-state index contributed by atoms with van der Waals surface area (Å²) in [6.45, 7) is 0.428. The third kappa shape index (κ3) is 4.45. The standard InChI is InChI=1S/C20H18F6N4OS/c1-11(14-6-12-8-28-30(10-19(21,22)23)15(12)9-27-14)29-17(31)7-13-2-3-16(32-13)18(4-5-18)20(24,25)26/h2-3,6,8-9,11H,4-5,7,10H2,1H3,(H,29,31)/t11-/m1/s1. The van der Waals surface area contributed by atoms with E-state index in [1.807, 2.05) is 0 Å². The minimum Gasteiger partial charge on any atom is -0.348 e. The van der Waals surface area contributed by atoms with Crippen molar-refractivity contribution in [2.45, 2.75) is 56.5 Å². The van der Waals surface area contributed by atoms with Crippen molar-refractivity contribution in [2.24, 2.45) is 0 Å². The number of rotatable bonds is 6. The predicted molar refractivity (Wildman–Crippen MR) is 105 cm³/mol. The second kappa shape index (κ2) is 7.75. The molecule has 1 fully saturated rings. The molecule has 3 aromatic heterocycles. The van der Waals surface area contributed by atoms with Crippen molar-refractivity contribution in [1.82, 2.24) is 20.1 Å². The first-order valence-corrected chi connectivity index (χ1v) is 10.5. The number of nitrogens with zero attached hydrogens (tertiary/aromatic N) is 3. The number of hydrogen-bond acceptors (Lipinski definition) is 4. The Hall–Kier alpha value is -2.63. The lowest BCUT2D eigenvalue weighted by atomic mass is 10.1. The van der Waals surface area contributed by atoms with E-state index < -0.39 is 36.3 Å². The lowest BCUT2D eigenvalue weighted by Gasteiger charge is -2.17. The van der Waals surface area contributed by atoms with Crippen LogP contribution in [0.15, 0.2) is 30.6 Å². The average molecular weight is 476 g/mol. The van der Waals surface area contributed by atoms with Gasteiger partial charge in [-0.25, -0.2) is 0 Å². The fourth-order valence-corrected chi connectivity index (χ4v) is 4.85. The number of carbonyl (C=O) groups is 1. The van der Waals surface area contributed by atoms with Crippen molar-refractivity contribution in [3.63, 3.8) is 0 Å². The molecule has 0 aliphatic heterocycles. The van der Waals surface area contributed by atoms with Crippen molar-refractivity contribution in [3.8, 4) is 0 Å². The first-order chi connectivity index (χ1) is 14.9. The van der Waals surface area contributed by atoms with Gasteiger partial charge in [0.05, 0.1) is 36.1 Å². The summed E-state index contributed by atoms with van der Waals surface area (Å²) in [5.41, 5.74) is -1.12. The molecule has 0 saturated heterocycles. The molecule has 1 saturated carbocycles. The Balaban J connectivity index is 1.40. The van der Waals surface area contributed by atoms with Crippen molar-refractivity contribution in [1.29, 1.82) is 0 Å². The van der Waals surface area contributed by atoms with Crippen LogP contribution < -0.4 is 5.32 Å². The second-order valence-electron chi connectivity index (χ2n) is 7.90. The molecule has 0 radical (unpaired) electrons. The van der Waals surface area contributed by atoms with E-state index in [9.17, 15) is 31.1 Å². The molecular formula is C20H18F6N4OS. The Morgan fingerprint density at radius 1 is 1.22 bits per heavy atom. The van der Waals surface area contributed by atoms with Gasteiger partial charge in [0.15, 0.2) is 0 Å². The minimum atomic E-state index is -4.42. The molecule has 0 aromatic carbocycles. The second-order valence-corrected chi connectivity index (χ2v) is 9.07. The Kier molecular flexibility index (Phi) is 5.46. The molecule has 0 spiro atoms. The van der Waals surface area contributed by atoms with Gasteiger partial charge >= 0.3 is 12.4 Å². The van der Waals surface area contributed by atoms with Gasteiger partial charge in [0.1, 0.15) is 12.0 Å². The number of pyridine rings is 1. The minimum absolute atomic E-state index is 0.0629. The van der Waals surface area contributed by atoms with Gasteiger partial charge in [-0.2, -0.15) is 31.4 Å². The van der Waals surface area contributed by atoms with Gasteiger partial charge in [0.2, 0.25) is 5.91 Å². The summed E-state index contributed by atoms with van der Waals surface area (Å²) < 4.78 is 78.5. The van der Waals surface area contributed by atoms with Crippen molar-refractivity contribution in [3.05, 3.63) is 46.0 Å². The largest absolute Gasteiger partial charge is 0.408 e. The molecule has 1 atom stereocenters. The maximum absolute atomic E-state index is 13.3. The molecule has 1 amide bonds. The summed E-state index contributed by atoms with van der Waals surface area (Å²) in [7, 11) is 0. The molecule has 5 nitrogen and oxygen atoms in total. The van der Waals surface area contributed by atoms with Crippen LogP contribution in [0.4, 0.5) is 26.3 Å². The lowest BCUT2D eigenvalue weighted by Crippen LogP contribution is -2.28. The van der Waals surface area contributed by atoms with Crippen LogP contribution in [-0.4, -0.2) is 33.0 Å². The Labute approximate surface area is 182 Å². The van der Waals surface area contributed by atoms with Crippen molar-refractivity contribution < 1.29 is 31.1 Å². The zero-order valence-corrected chi connectivity index (χ0v) is 17.5. The molecule has 3 heterocycles. The molecular weight excluding hydrogens is 458 g/mol. The van der Waals surface area contributed by atoms with Crippen molar-refractivity contribution in [2.75, 3.05) is 0 Å². The van der Waals surface area contributed by atoms with E-state index in [1.54, 1.807) is 13.0 Å². The molecule has 1 aliphatic rings. The summed E-state index contributed by atoms with van der Waals surface area (Å²) in [6.07, 6.45) is -6.11. The summed E-state index contributed by atoms with van der Waals surface area (Å²) >= 11 is 0.990. The molecule has 32 heavy (non-hydrogen) atoms. The van der Waals surface area contributed by atoms with Gasteiger partial charge in [0.25, 0.3) is 0 Å². The van der Waals surface area contributed by atoms with Gasteiger partial charge in [0, 0.05) is 15.1 Å². The maximum atomic E-state index is 13.3. The first-order valence-electron chi connectivity index (χ1n) is 9.71. The topological polar surface area (TPSA) is 59.8 Å². The summed E-state index contributed by atoms with van der Waals surface area (Å²) in [5, 5.41) is 6.91. The maximum Gasteiger partial charge on any atom is 0.408 e. The monoisotopic (exact) mass is 476 g/mol. The van der Waals surface area contributed by atoms with E-state index >= 15 is 0 Å². The summed E-state index contributed by atoms with van der Waals surface area (Å²) in [4.78, 5) is 17.3. The predicted octanol–water partition coefficient (Wildman–Crippen LogP) is 5.07. The van der Waals surface area contributed by atoms with Crippen LogP contribution in [0, 0.1) is 0 Å². The van der Waals surface area contributed by atoms with Crippen molar-refractivity contribution >= 4 is 28.1 Å². The first kappa shape index (κ1) is 22.6. The van der Waals surface area contributed by atoms with Crippen LogP contribution >= 0.6 is 11.3 Å². The Morgan fingerprint density at radius 2 is 1.94 bits per heavy atom. The molecule has 0 bridgehead atoms. The number of fused-ring (bicyclic) bond motifs is 1. The molecule has 1 N–H and O–H groups in total. The van der Waals surface area contributed by atoms with Crippen LogP contribution in [-0.2, 0) is 23.2 Å². The summed E-state index contributed by atoms with van der Waals surface area (Å²) in [6, 6.07) is 3.96. The highest BCUT2D eigenvalue weighted by Crippen LogP contribution is 2.60. The Morgan fingerprint density at radius 3 is 2.56 bits per heavy atom. The molecule has 0 unspecified atom stereocenters. The van der Waals surface area contributed by atoms with Crippen LogP contribution in [0.2, 0.25) is 0 Å². The number of nitrogens with one attached hydrogen (secondary N) is 1. The fourth-order valence-electron chi connectivity index (χ4n) is 3.58. The van der Waals surface area contributed by atoms with E-state index in [0.717, 1.165) is 16.0 Å². The molecule has 4 rings (SSSR count). The number of halogens is 6. The van der Waals surface area contributed by atoms with Gasteiger partial charge in [-0.05, 0) is 38.0 Å². The third-order valence-corrected chi connectivity index (χ3v) is 6.75. The van der Waals surface area contributed by atoms with E-state index in [0.29, 0.717) is 16.0 Å². The number of aromatic nitrogens is 3. The van der Waals surface area contributed by atoms with Gasteiger partial charge < -0.3 is 5.32 Å². The van der Waals surface area contributed by atoms with E-state index in [4.69, 9.17) is 0 Å². The zero-order valence-electron chi connectivity index (χ0n) is 16.7. The van der Waals surface area contributed by atoms with Gasteiger partial charge in [-0.1, -0.05) is 0 Å². The number of thiophene rings is 1. The number of amides is 1. The smallest absolute Gasteiger partial charge is 0.348 e. The molecule has 3 aromatic rings. The highest BCUT2D eigenvalue weighted by Gasteiger charge is 2.64. The number of alkyl halides is 6. The fraction of sp³-hybridized carbons (Fsp3) is 0.450. The lowest BCUT2D eigenvalue weighted by molar-refractivity contribution is -0.159. The van der Waals surface area contributed by atoms with Crippen LogP contribution in [0.25, 0.3) is 10.9 Å². The normalized spacial score (nSPS) is 16.8. The molecule has 172 valence electrons. The van der Waals surface area contributed by atoms with E-state index in [-0.39, 0.29) is 29.7 Å². The summed E-state index contributed by atoms with van der Waals surface area (Å²) in [5.74, 6) is -0.391. The number of hydrogen-bond donors (Lipinski definition) is 1. The Bertz CT molecular complexity index is 1150. The zero-order chi connectivity index (χ0) is 23.3. The molecule has 12 heteroatoms. The van der Waals surface area contributed by atoms with E-state index in [2.05, 4.69) is 15.4 Å². The van der Waals surface area contributed by atoms with Crippen LogP contribution in [0.1, 0.15) is 41.3 Å². The highest BCUT2D eigenvalue weighted by molar-refractivity contribution is 7.12. The molecule has 1 aliphatic carbocycles. The van der Waals surface area contributed by atoms with E-state index in [1.165, 1.54) is 24.5 Å². The van der Waals surface area contributed by atoms with Crippen LogP contribution in [0.5, 0.6) is 0 Å². The highest BCUT2D eigenvalue weighted by atomic mass is 32.1. The van der Waals surface area contributed by atoms with Gasteiger partial charge in [-0.15, -0.1) is 11.3 Å². The van der Waals surface area contributed by atoms with Crippen LogP contribution in [0.3, 0.4) is 0 Å². The average Bonchev–Trinajstić information content (AvgIpc) is 3.24. The quantitative estimate of drug-likeness (QED) is 0.506.